The molecule has 0 amide bonds. The summed E-state index contributed by atoms with van der Waals surface area (Å²) in [6.07, 6.45) is 0. The van der Waals surface area contributed by atoms with E-state index in [9.17, 15) is 10.1 Å². The van der Waals surface area contributed by atoms with Crippen LogP contribution in [-0.2, 0) is 0 Å². The molecule has 1 aromatic rings. The van der Waals surface area contributed by atoms with Crippen LogP contribution < -0.4 is 4.74 Å². The number of hydrogen-bond acceptors (Lipinski definition) is 4. The van der Waals surface area contributed by atoms with Gasteiger partial charge in [0.15, 0.2) is 0 Å². The Hall–Kier alpha value is -2.09. The smallest absolute Gasteiger partial charge is 0.312 e. The SMILES string of the molecule is CC(C)COc1c(C#N)cccc1[N+](=O)[O-]. The molecule has 0 atom stereocenters. The molecule has 0 fully saturated rings. The molecule has 1 rings (SSSR count). The van der Waals surface area contributed by atoms with Crippen molar-refractivity contribution in [2.45, 2.75) is 13.8 Å². The van der Waals surface area contributed by atoms with Gasteiger partial charge in [-0.15, -0.1) is 0 Å². The standard InChI is InChI=1S/C11H12N2O3/c1-8(2)7-16-11-9(6-12)4-3-5-10(11)13(14)15/h3-5,8H,7H2,1-2H3. The Kier molecular flexibility index (Phi) is 3.84. The molecule has 0 saturated carbocycles. The minimum absolute atomic E-state index is 0.0590. The lowest BCUT2D eigenvalue weighted by atomic mass is 10.2. The van der Waals surface area contributed by atoms with Gasteiger partial charge in [0.1, 0.15) is 11.6 Å². The first-order valence-electron chi connectivity index (χ1n) is 4.86. The maximum Gasteiger partial charge on any atom is 0.312 e. The molecule has 84 valence electrons. The number of ether oxygens (including phenoxy) is 1. The Balaban J connectivity index is 3.11. The molecule has 0 heterocycles. The predicted molar refractivity (Wildman–Crippen MR) is 58.1 cm³/mol. The summed E-state index contributed by atoms with van der Waals surface area (Å²) >= 11 is 0. The molecule has 5 nitrogen and oxygen atoms in total. The van der Waals surface area contributed by atoms with Crippen molar-refractivity contribution in [3.63, 3.8) is 0 Å². The molecule has 0 aliphatic heterocycles. The van der Waals surface area contributed by atoms with Crippen LogP contribution in [0, 0.1) is 27.4 Å². The fourth-order valence-electron chi connectivity index (χ4n) is 1.16. The van der Waals surface area contributed by atoms with E-state index in [1.807, 2.05) is 19.9 Å². The van der Waals surface area contributed by atoms with E-state index >= 15 is 0 Å². The average molecular weight is 220 g/mol. The normalized spacial score (nSPS) is 9.88. The average Bonchev–Trinajstić information content (AvgIpc) is 2.25. The molecule has 0 bridgehead atoms. The van der Waals surface area contributed by atoms with Gasteiger partial charge in [0.05, 0.1) is 11.5 Å². The van der Waals surface area contributed by atoms with Crippen molar-refractivity contribution in [1.29, 1.82) is 5.26 Å². The van der Waals surface area contributed by atoms with Crippen LogP contribution in [0.15, 0.2) is 18.2 Å². The fraction of sp³-hybridized carbons (Fsp3) is 0.364. The first-order valence-corrected chi connectivity index (χ1v) is 4.86. The number of benzene rings is 1. The molecule has 5 heteroatoms. The molecule has 0 unspecified atom stereocenters. The van der Waals surface area contributed by atoms with E-state index in [2.05, 4.69) is 0 Å². The summed E-state index contributed by atoms with van der Waals surface area (Å²) in [5.74, 6) is 0.301. The van der Waals surface area contributed by atoms with Gasteiger partial charge in [-0.25, -0.2) is 0 Å². The molecule has 1 aromatic carbocycles. The number of nitro benzene ring substituents is 1. The highest BCUT2D eigenvalue weighted by molar-refractivity contribution is 5.56. The Labute approximate surface area is 93.4 Å². The predicted octanol–water partition coefficient (Wildman–Crippen LogP) is 2.50. The van der Waals surface area contributed by atoms with E-state index in [4.69, 9.17) is 10.00 Å². The third kappa shape index (κ3) is 2.70. The summed E-state index contributed by atoms with van der Waals surface area (Å²) < 4.78 is 5.32. The van der Waals surface area contributed by atoms with Gasteiger partial charge in [-0.2, -0.15) is 5.26 Å². The molecular weight excluding hydrogens is 208 g/mol. The van der Waals surface area contributed by atoms with Crippen molar-refractivity contribution < 1.29 is 9.66 Å². The number of nitro groups is 1. The van der Waals surface area contributed by atoms with Gasteiger partial charge in [0.25, 0.3) is 0 Å². The van der Waals surface area contributed by atoms with Crippen molar-refractivity contribution >= 4 is 5.69 Å². The Morgan fingerprint density at radius 2 is 2.25 bits per heavy atom. The zero-order valence-corrected chi connectivity index (χ0v) is 9.14. The van der Waals surface area contributed by atoms with Gasteiger partial charge >= 0.3 is 5.69 Å². The molecule has 0 aromatic heterocycles. The molecule has 0 N–H and O–H groups in total. The van der Waals surface area contributed by atoms with Crippen LogP contribution in [0.5, 0.6) is 5.75 Å². The fourth-order valence-corrected chi connectivity index (χ4v) is 1.16. The summed E-state index contributed by atoms with van der Waals surface area (Å²) in [4.78, 5) is 10.2. The number of rotatable bonds is 4. The Bertz CT molecular complexity index is 435. The van der Waals surface area contributed by atoms with E-state index in [0.29, 0.717) is 6.61 Å². The number of hydrogen-bond donors (Lipinski definition) is 0. The van der Waals surface area contributed by atoms with Gasteiger partial charge in [-0.1, -0.05) is 19.9 Å². The van der Waals surface area contributed by atoms with Crippen LogP contribution >= 0.6 is 0 Å². The van der Waals surface area contributed by atoms with Crippen molar-refractivity contribution in [3.8, 4) is 11.8 Å². The van der Waals surface area contributed by atoms with Crippen molar-refractivity contribution in [1.82, 2.24) is 0 Å². The Morgan fingerprint density at radius 1 is 1.56 bits per heavy atom. The second kappa shape index (κ2) is 5.12. The maximum absolute atomic E-state index is 10.8. The van der Waals surface area contributed by atoms with Crippen molar-refractivity contribution in [2.24, 2.45) is 5.92 Å². The monoisotopic (exact) mass is 220 g/mol. The highest BCUT2D eigenvalue weighted by Gasteiger charge is 2.19. The van der Waals surface area contributed by atoms with Gasteiger partial charge in [-0.3, -0.25) is 10.1 Å². The maximum atomic E-state index is 10.8. The third-order valence-corrected chi connectivity index (χ3v) is 1.87. The number of nitrogens with zero attached hydrogens (tertiary/aromatic N) is 2. The summed E-state index contributed by atoms with van der Waals surface area (Å²) in [7, 11) is 0. The van der Waals surface area contributed by atoms with Crippen LogP contribution in [0.2, 0.25) is 0 Å². The lowest BCUT2D eigenvalue weighted by Crippen LogP contribution is -2.07. The summed E-state index contributed by atoms with van der Waals surface area (Å²) in [6.45, 7) is 4.21. The first-order chi connectivity index (χ1) is 7.56. The van der Waals surface area contributed by atoms with Gasteiger partial charge in [0, 0.05) is 6.07 Å². The van der Waals surface area contributed by atoms with Crippen LogP contribution in [0.1, 0.15) is 19.4 Å². The zero-order chi connectivity index (χ0) is 12.1. The first kappa shape index (κ1) is 12.0. The number of nitriles is 1. The topological polar surface area (TPSA) is 76.2 Å². The number of para-hydroxylation sites is 1. The minimum atomic E-state index is -0.545. The molecular formula is C11H12N2O3. The quantitative estimate of drug-likeness (QED) is 0.577. The van der Waals surface area contributed by atoms with Crippen molar-refractivity contribution in [2.75, 3.05) is 6.61 Å². The third-order valence-electron chi connectivity index (χ3n) is 1.87. The Morgan fingerprint density at radius 3 is 2.75 bits per heavy atom. The van der Waals surface area contributed by atoms with Crippen LogP contribution in [0.4, 0.5) is 5.69 Å². The highest BCUT2D eigenvalue weighted by Crippen LogP contribution is 2.30. The second-order valence-electron chi connectivity index (χ2n) is 3.73. The van der Waals surface area contributed by atoms with Crippen LogP contribution in [-0.4, -0.2) is 11.5 Å². The van der Waals surface area contributed by atoms with Gasteiger partial charge in [-0.05, 0) is 12.0 Å². The molecule has 0 aliphatic carbocycles. The summed E-state index contributed by atoms with van der Waals surface area (Å²) in [5.41, 5.74) is 0.0227. The van der Waals surface area contributed by atoms with E-state index in [-0.39, 0.29) is 22.9 Å². The second-order valence-corrected chi connectivity index (χ2v) is 3.73. The van der Waals surface area contributed by atoms with Gasteiger partial charge < -0.3 is 4.74 Å². The van der Waals surface area contributed by atoms with Crippen LogP contribution in [0.25, 0.3) is 0 Å². The van der Waals surface area contributed by atoms with E-state index in [1.165, 1.54) is 18.2 Å². The summed E-state index contributed by atoms with van der Waals surface area (Å²) in [6, 6.07) is 6.19. The largest absolute Gasteiger partial charge is 0.486 e. The molecule has 0 aliphatic rings. The minimum Gasteiger partial charge on any atom is -0.486 e. The molecule has 0 radical (unpaired) electrons. The van der Waals surface area contributed by atoms with E-state index in [0.717, 1.165) is 0 Å². The molecule has 16 heavy (non-hydrogen) atoms. The zero-order valence-electron chi connectivity index (χ0n) is 9.14. The van der Waals surface area contributed by atoms with Crippen LogP contribution in [0.3, 0.4) is 0 Å². The highest BCUT2D eigenvalue weighted by atomic mass is 16.6. The summed E-state index contributed by atoms with van der Waals surface area (Å²) in [5, 5.41) is 19.6. The molecule has 0 spiro atoms. The molecule has 0 saturated heterocycles. The lowest BCUT2D eigenvalue weighted by molar-refractivity contribution is -0.385. The van der Waals surface area contributed by atoms with E-state index in [1.54, 1.807) is 0 Å². The van der Waals surface area contributed by atoms with E-state index < -0.39 is 4.92 Å². The lowest BCUT2D eigenvalue weighted by Gasteiger charge is -2.09. The van der Waals surface area contributed by atoms with Gasteiger partial charge in [0.2, 0.25) is 5.75 Å². The van der Waals surface area contributed by atoms with Crippen molar-refractivity contribution in [3.05, 3.63) is 33.9 Å².